The number of rotatable bonds is 3. The number of Topliss-reactive ketones (excluding diaryl/α,β-unsaturated/α-hetero) is 1. The molecule has 0 saturated heterocycles. The van der Waals surface area contributed by atoms with Gasteiger partial charge in [-0.3, -0.25) is 9.59 Å². The van der Waals surface area contributed by atoms with Crippen LogP contribution in [0.15, 0.2) is 35.4 Å². The number of hydrogen-bond donors (Lipinski definition) is 1. The van der Waals surface area contributed by atoms with Gasteiger partial charge >= 0.3 is 6.18 Å². The van der Waals surface area contributed by atoms with Gasteiger partial charge in [-0.05, 0) is 31.5 Å². The maximum absolute atomic E-state index is 13.8. The summed E-state index contributed by atoms with van der Waals surface area (Å²) in [5.74, 6) is -1.15. The minimum atomic E-state index is -4.72. The van der Waals surface area contributed by atoms with Crippen molar-refractivity contribution in [2.75, 3.05) is 7.11 Å². The molecule has 0 fully saturated rings. The van der Waals surface area contributed by atoms with Gasteiger partial charge in [-0.2, -0.15) is 13.2 Å². The van der Waals surface area contributed by atoms with E-state index in [-0.39, 0.29) is 16.7 Å². The van der Waals surface area contributed by atoms with Crippen LogP contribution in [0.3, 0.4) is 0 Å². The molecule has 1 aliphatic heterocycles. The molecule has 1 aliphatic rings. The molecule has 124 valence electrons. The quantitative estimate of drug-likeness (QED) is 0.869. The molecule has 0 radical (unpaired) electrons. The fourth-order valence-corrected chi connectivity index (χ4v) is 2.83. The van der Waals surface area contributed by atoms with Crippen LogP contribution in [0.4, 0.5) is 13.2 Å². The van der Waals surface area contributed by atoms with E-state index in [2.05, 4.69) is 0 Å². The number of nitrogens with one attached hydrogen (secondary N) is 1. The van der Waals surface area contributed by atoms with Gasteiger partial charge in [0.1, 0.15) is 5.75 Å². The molecule has 0 aliphatic carbocycles. The summed E-state index contributed by atoms with van der Waals surface area (Å²) in [6.07, 6.45) is -5.23. The molecule has 0 aromatic heterocycles. The molecule has 2 rings (SSSR count). The molecular weight excluding hydrogens is 311 g/mol. The van der Waals surface area contributed by atoms with Gasteiger partial charge in [-0.15, -0.1) is 0 Å². The zero-order valence-corrected chi connectivity index (χ0v) is 12.9. The van der Waals surface area contributed by atoms with Crippen molar-refractivity contribution in [3.05, 3.63) is 41.0 Å². The number of alkyl halides is 3. The Bertz CT molecular complexity index is 677. The van der Waals surface area contributed by atoms with Gasteiger partial charge in [0.15, 0.2) is 11.3 Å². The molecule has 1 N–H and O–H groups in total. The first-order valence-electron chi connectivity index (χ1n) is 6.87. The fraction of sp³-hybridized carbons (Fsp3) is 0.375. The Labute approximate surface area is 131 Å². The van der Waals surface area contributed by atoms with Gasteiger partial charge in [-0.25, -0.2) is 0 Å². The second kappa shape index (κ2) is 5.72. The summed E-state index contributed by atoms with van der Waals surface area (Å²) in [6, 6.07) is 5.32. The largest absolute Gasteiger partial charge is 0.497 e. The van der Waals surface area contributed by atoms with E-state index >= 15 is 0 Å². The van der Waals surface area contributed by atoms with E-state index in [4.69, 9.17) is 4.74 Å². The highest BCUT2D eigenvalue weighted by Gasteiger charge is 2.59. The lowest BCUT2D eigenvalue weighted by Crippen LogP contribution is -2.59. The molecule has 0 unspecified atom stereocenters. The molecular formula is C16H16F3NO3. The third-order valence-electron chi connectivity index (χ3n) is 3.93. The van der Waals surface area contributed by atoms with Crippen LogP contribution in [0.5, 0.6) is 5.75 Å². The van der Waals surface area contributed by atoms with Gasteiger partial charge in [0.25, 0.3) is 5.91 Å². The highest BCUT2D eigenvalue weighted by atomic mass is 19.4. The molecule has 7 heteroatoms. The summed E-state index contributed by atoms with van der Waals surface area (Å²) in [5, 5.41) is 2.00. The van der Waals surface area contributed by atoms with Crippen molar-refractivity contribution in [1.82, 2.24) is 5.32 Å². The van der Waals surface area contributed by atoms with Crippen LogP contribution in [0, 0.1) is 0 Å². The SMILES string of the molecule is COc1ccc([C@]2(C(F)(F)F)CC(C)=C(C(C)=O)C(=O)N2)cc1. The molecule has 0 saturated carbocycles. The summed E-state index contributed by atoms with van der Waals surface area (Å²) >= 11 is 0. The number of amides is 1. The first-order chi connectivity index (χ1) is 10.6. The molecule has 1 heterocycles. The Balaban J connectivity index is 2.59. The predicted octanol–water partition coefficient (Wildman–Crippen LogP) is 2.88. The fourth-order valence-electron chi connectivity index (χ4n) is 2.83. The Kier molecular flexibility index (Phi) is 4.24. The lowest BCUT2D eigenvalue weighted by atomic mass is 9.78. The van der Waals surface area contributed by atoms with E-state index < -0.39 is 29.8 Å². The van der Waals surface area contributed by atoms with Crippen LogP contribution >= 0.6 is 0 Å². The van der Waals surface area contributed by atoms with Crippen LogP contribution < -0.4 is 10.1 Å². The Morgan fingerprint density at radius 3 is 2.22 bits per heavy atom. The lowest BCUT2D eigenvalue weighted by Gasteiger charge is -2.40. The minimum absolute atomic E-state index is 0.110. The van der Waals surface area contributed by atoms with Crippen molar-refractivity contribution in [2.24, 2.45) is 0 Å². The number of carbonyl (C=O) groups excluding carboxylic acids is 2. The van der Waals surface area contributed by atoms with Gasteiger partial charge in [0.05, 0.1) is 12.7 Å². The van der Waals surface area contributed by atoms with E-state index in [1.807, 2.05) is 5.32 Å². The molecule has 4 nitrogen and oxygen atoms in total. The van der Waals surface area contributed by atoms with Crippen LogP contribution in [0.1, 0.15) is 25.8 Å². The third kappa shape index (κ3) is 2.83. The summed E-state index contributed by atoms with van der Waals surface area (Å²) in [4.78, 5) is 23.6. The first kappa shape index (κ1) is 17.1. The van der Waals surface area contributed by atoms with Crippen molar-refractivity contribution < 1.29 is 27.5 Å². The summed E-state index contributed by atoms with van der Waals surface area (Å²) in [6.45, 7) is 2.53. The summed E-state index contributed by atoms with van der Waals surface area (Å²) in [7, 11) is 1.41. The van der Waals surface area contributed by atoms with Gasteiger partial charge in [0, 0.05) is 6.42 Å². The van der Waals surface area contributed by atoms with E-state index in [1.165, 1.54) is 38.3 Å². The Morgan fingerprint density at radius 1 is 1.26 bits per heavy atom. The van der Waals surface area contributed by atoms with Crippen molar-refractivity contribution in [2.45, 2.75) is 32.0 Å². The second-order valence-electron chi connectivity index (χ2n) is 5.47. The van der Waals surface area contributed by atoms with Gasteiger partial charge < -0.3 is 10.1 Å². The van der Waals surface area contributed by atoms with Crippen LogP contribution in [0.25, 0.3) is 0 Å². The maximum Gasteiger partial charge on any atom is 0.416 e. The Hall–Kier alpha value is -2.31. The van der Waals surface area contributed by atoms with Gasteiger partial charge in [-0.1, -0.05) is 17.7 Å². The number of ketones is 1. The predicted molar refractivity (Wildman–Crippen MR) is 76.9 cm³/mol. The highest BCUT2D eigenvalue weighted by molar-refractivity contribution is 6.19. The monoisotopic (exact) mass is 327 g/mol. The first-order valence-corrected chi connectivity index (χ1v) is 6.87. The van der Waals surface area contributed by atoms with Gasteiger partial charge in [0.2, 0.25) is 0 Å². The van der Waals surface area contributed by atoms with Crippen molar-refractivity contribution in [3.8, 4) is 5.75 Å². The van der Waals surface area contributed by atoms with E-state index in [1.54, 1.807) is 0 Å². The van der Waals surface area contributed by atoms with E-state index in [9.17, 15) is 22.8 Å². The average Bonchev–Trinajstić information content (AvgIpc) is 2.44. The number of carbonyl (C=O) groups is 2. The molecule has 0 spiro atoms. The summed E-state index contributed by atoms with van der Waals surface area (Å²) in [5.41, 5.74) is -2.76. The van der Waals surface area contributed by atoms with Crippen molar-refractivity contribution >= 4 is 11.7 Å². The normalized spacial score (nSPS) is 21.9. The molecule has 23 heavy (non-hydrogen) atoms. The lowest BCUT2D eigenvalue weighted by molar-refractivity contribution is -0.203. The number of benzene rings is 1. The van der Waals surface area contributed by atoms with Crippen molar-refractivity contribution in [3.63, 3.8) is 0 Å². The number of ether oxygens (including phenoxy) is 1. The zero-order chi connectivity index (χ0) is 17.4. The number of methoxy groups -OCH3 is 1. The number of halogens is 3. The van der Waals surface area contributed by atoms with E-state index in [0.717, 1.165) is 6.92 Å². The maximum atomic E-state index is 13.8. The molecule has 1 aromatic carbocycles. The Morgan fingerprint density at radius 2 is 1.83 bits per heavy atom. The van der Waals surface area contributed by atoms with Crippen molar-refractivity contribution in [1.29, 1.82) is 0 Å². The van der Waals surface area contributed by atoms with Crippen LogP contribution in [0.2, 0.25) is 0 Å². The molecule has 1 atom stereocenters. The average molecular weight is 327 g/mol. The van der Waals surface area contributed by atoms with Crippen LogP contribution in [-0.4, -0.2) is 25.0 Å². The van der Waals surface area contributed by atoms with E-state index in [0.29, 0.717) is 5.75 Å². The third-order valence-corrected chi connectivity index (χ3v) is 3.93. The molecule has 1 aromatic rings. The second-order valence-corrected chi connectivity index (χ2v) is 5.47. The smallest absolute Gasteiger partial charge is 0.416 e. The topological polar surface area (TPSA) is 55.4 Å². The standard InChI is InChI=1S/C16H16F3NO3/c1-9-8-15(16(17,18)19,20-14(22)13(9)10(2)21)11-4-6-12(23-3)7-5-11/h4-7H,8H2,1-3H3,(H,20,22)/t15-/m0/s1. The highest BCUT2D eigenvalue weighted by Crippen LogP contribution is 2.46. The minimum Gasteiger partial charge on any atom is -0.497 e. The number of hydrogen-bond acceptors (Lipinski definition) is 3. The molecule has 1 amide bonds. The van der Waals surface area contributed by atoms with Crippen LogP contribution in [-0.2, 0) is 15.1 Å². The molecule has 0 bridgehead atoms. The zero-order valence-electron chi connectivity index (χ0n) is 12.9. The summed E-state index contributed by atoms with van der Waals surface area (Å²) < 4.78 is 46.3.